The number of hydrogen-bond donors (Lipinski definition) is 1. The van der Waals surface area contributed by atoms with Gasteiger partial charge in [-0.05, 0) is 38.1 Å². The molecule has 0 aliphatic rings. The third-order valence-electron chi connectivity index (χ3n) is 1.43. The maximum atomic E-state index is 11.0. The Morgan fingerprint density at radius 2 is 1.85 bits per heavy atom. The van der Waals surface area contributed by atoms with Crippen molar-refractivity contribution < 1.29 is 9.84 Å². The van der Waals surface area contributed by atoms with E-state index in [1.165, 1.54) is 12.1 Å². The van der Waals surface area contributed by atoms with E-state index in [1.807, 2.05) is 13.8 Å². The van der Waals surface area contributed by atoms with Gasteiger partial charge in [0, 0.05) is 0 Å². The zero-order valence-corrected chi connectivity index (χ0v) is 7.65. The van der Waals surface area contributed by atoms with Crippen molar-refractivity contribution >= 4 is 0 Å². The second-order valence-electron chi connectivity index (χ2n) is 2.99. The van der Waals surface area contributed by atoms with Crippen LogP contribution in [0.5, 0.6) is 11.5 Å². The highest BCUT2D eigenvalue weighted by molar-refractivity contribution is 5.27. The summed E-state index contributed by atoms with van der Waals surface area (Å²) in [6.07, 6.45) is 0.0552. The molecule has 0 saturated heterocycles. The Morgan fingerprint density at radius 3 is 2.46 bits per heavy atom. The molecule has 0 aliphatic heterocycles. The van der Waals surface area contributed by atoms with Gasteiger partial charge in [0.05, 0.1) is 6.10 Å². The van der Waals surface area contributed by atoms with E-state index in [2.05, 4.69) is 0 Å². The molecule has 1 aromatic rings. The quantitative estimate of drug-likeness (QED) is 0.750. The first kappa shape index (κ1) is 9.58. The van der Waals surface area contributed by atoms with Gasteiger partial charge in [-0.2, -0.15) is 0 Å². The summed E-state index contributed by atoms with van der Waals surface area (Å²) in [5.74, 6) is 0.311. The Balaban J connectivity index is 3.02. The lowest BCUT2D eigenvalue weighted by atomic mass is 10.4. The average molecular weight is 180 g/mol. The van der Waals surface area contributed by atoms with Gasteiger partial charge in [0.25, 0.3) is 0 Å². The largest absolute Gasteiger partial charge is 0.504 e. The molecule has 1 N–H and O–H groups in total. The topological polar surface area (TPSA) is 46.5 Å². The van der Waals surface area contributed by atoms with E-state index in [4.69, 9.17) is 9.84 Å². The molecule has 0 radical (unpaired) electrons. The SMILES string of the molecule is CC(C)Oc1ccc(O)c(=O)cc1. The van der Waals surface area contributed by atoms with Crippen LogP contribution in [0.4, 0.5) is 0 Å². The molecule has 1 rings (SSSR count). The zero-order valence-electron chi connectivity index (χ0n) is 7.65. The van der Waals surface area contributed by atoms with Crippen molar-refractivity contribution in [3.05, 3.63) is 34.5 Å². The Bertz CT molecular complexity index is 344. The lowest BCUT2D eigenvalue weighted by molar-refractivity contribution is 0.242. The lowest BCUT2D eigenvalue weighted by Gasteiger charge is -2.06. The number of aromatic hydroxyl groups is 1. The Morgan fingerprint density at radius 1 is 1.23 bits per heavy atom. The molecule has 0 aromatic heterocycles. The van der Waals surface area contributed by atoms with Crippen molar-refractivity contribution in [2.24, 2.45) is 0 Å². The normalized spacial score (nSPS) is 10.1. The van der Waals surface area contributed by atoms with E-state index in [0.717, 1.165) is 0 Å². The highest BCUT2D eigenvalue weighted by atomic mass is 16.5. The van der Waals surface area contributed by atoms with Crippen molar-refractivity contribution in [1.29, 1.82) is 0 Å². The van der Waals surface area contributed by atoms with Crippen molar-refractivity contribution in [2.75, 3.05) is 0 Å². The first-order valence-corrected chi connectivity index (χ1v) is 4.09. The van der Waals surface area contributed by atoms with Gasteiger partial charge in [-0.25, -0.2) is 0 Å². The molecule has 0 spiro atoms. The van der Waals surface area contributed by atoms with Crippen molar-refractivity contribution in [1.82, 2.24) is 0 Å². The van der Waals surface area contributed by atoms with E-state index in [9.17, 15) is 4.79 Å². The fourth-order valence-corrected chi connectivity index (χ4v) is 0.893. The van der Waals surface area contributed by atoms with Crippen LogP contribution in [0, 0.1) is 0 Å². The van der Waals surface area contributed by atoms with Crippen LogP contribution < -0.4 is 10.2 Å². The van der Waals surface area contributed by atoms with Gasteiger partial charge in [0.15, 0.2) is 5.75 Å². The summed E-state index contributed by atoms with van der Waals surface area (Å²) in [6.45, 7) is 3.79. The summed E-state index contributed by atoms with van der Waals surface area (Å²) in [5, 5.41) is 9.07. The summed E-state index contributed by atoms with van der Waals surface area (Å²) in [7, 11) is 0. The van der Waals surface area contributed by atoms with E-state index in [1.54, 1.807) is 12.1 Å². The van der Waals surface area contributed by atoms with Crippen LogP contribution in [-0.2, 0) is 0 Å². The smallest absolute Gasteiger partial charge is 0.220 e. The maximum Gasteiger partial charge on any atom is 0.220 e. The van der Waals surface area contributed by atoms with E-state index in [-0.39, 0.29) is 11.9 Å². The van der Waals surface area contributed by atoms with E-state index in [0.29, 0.717) is 5.75 Å². The molecule has 0 bridgehead atoms. The van der Waals surface area contributed by atoms with Gasteiger partial charge in [0.2, 0.25) is 5.43 Å². The first-order valence-electron chi connectivity index (χ1n) is 4.09. The summed E-state index contributed by atoms with van der Waals surface area (Å²) >= 11 is 0. The molecule has 0 aliphatic carbocycles. The van der Waals surface area contributed by atoms with Crippen LogP contribution in [0.2, 0.25) is 0 Å². The maximum absolute atomic E-state index is 11.0. The molecule has 0 unspecified atom stereocenters. The van der Waals surface area contributed by atoms with Gasteiger partial charge in [0.1, 0.15) is 5.75 Å². The average Bonchev–Trinajstić information content (AvgIpc) is 2.19. The predicted molar refractivity (Wildman–Crippen MR) is 50.1 cm³/mol. The van der Waals surface area contributed by atoms with Crippen LogP contribution in [-0.4, -0.2) is 11.2 Å². The fourth-order valence-electron chi connectivity index (χ4n) is 0.893. The second-order valence-corrected chi connectivity index (χ2v) is 2.99. The minimum atomic E-state index is -0.404. The summed E-state index contributed by atoms with van der Waals surface area (Å²) in [6, 6.07) is 5.73. The molecule has 1 aromatic carbocycles. The zero-order chi connectivity index (χ0) is 9.84. The Hall–Kier alpha value is -1.51. The third-order valence-corrected chi connectivity index (χ3v) is 1.43. The van der Waals surface area contributed by atoms with Crippen molar-refractivity contribution in [3.8, 4) is 11.5 Å². The molecule has 0 amide bonds. The van der Waals surface area contributed by atoms with Crippen molar-refractivity contribution in [3.63, 3.8) is 0 Å². The van der Waals surface area contributed by atoms with Gasteiger partial charge in [-0.15, -0.1) is 0 Å². The van der Waals surface area contributed by atoms with Crippen LogP contribution in [0.3, 0.4) is 0 Å². The van der Waals surface area contributed by atoms with Crippen LogP contribution in [0.25, 0.3) is 0 Å². The molecule has 3 nitrogen and oxygen atoms in total. The molecule has 0 atom stereocenters. The van der Waals surface area contributed by atoms with Crippen LogP contribution >= 0.6 is 0 Å². The third kappa shape index (κ3) is 2.78. The molecular formula is C10H12O3. The highest BCUT2D eigenvalue weighted by Crippen LogP contribution is 2.11. The number of ether oxygens (including phenoxy) is 1. The Labute approximate surface area is 76.6 Å². The molecule has 0 heterocycles. The van der Waals surface area contributed by atoms with Gasteiger partial charge >= 0.3 is 0 Å². The van der Waals surface area contributed by atoms with Crippen LogP contribution in [0.15, 0.2) is 29.1 Å². The predicted octanol–water partition coefficient (Wildman–Crippen LogP) is 1.54. The molecule has 13 heavy (non-hydrogen) atoms. The summed E-state index contributed by atoms with van der Waals surface area (Å²) in [4.78, 5) is 11.0. The molecule has 70 valence electrons. The number of rotatable bonds is 2. The molecular weight excluding hydrogens is 168 g/mol. The fraction of sp³-hybridized carbons (Fsp3) is 0.300. The van der Waals surface area contributed by atoms with Crippen molar-refractivity contribution in [2.45, 2.75) is 20.0 Å². The highest BCUT2D eigenvalue weighted by Gasteiger charge is 1.97. The Kier molecular flexibility index (Phi) is 2.90. The molecule has 0 saturated carbocycles. The lowest BCUT2D eigenvalue weighted by Crippen LogP contribution is -2.04. The van der Waals surface area contributed by atoms with Crippen LogP contribution in [0.1, 0.15) is 13.8 Å². The monoisotopic (exact) mass is 180 g/mol. The van der Waals surface area contributed by atoms with E-state index < -0.39 is 5.43 Å². The van der Waals surface area contributed by atoms with Gasteiger partial charge in [-0.1, -0.05) is 0 Å². The molecule has 3 heteroatoms. The first-order chi connectivity index (χ1) is 6.09. The van der Waals surface area contributed by atoms with Gasteiger partial charge in [-0.3, -0.25) is 4.79 Å². The van der Waals surface area contributed by atoms with E-state index >= 15 is 0 Å². The standard InChI is InChI=1S/C10H12O3/c1-7(2)13-8-3-5-9(11)10(12)6-4-8/h3-7H,1-2H3,(H,11,12). The summed E-state index contributed by atoms with van der Waals surface area (Å²) < 4.78 is 5.33. The molecule has 0 fully saturated rings. The number of hydrogen-bond acceptors (Lipinski definition) is 3. The minimum Gasteiger partial charge on any atom is -0.504 e. The second kappa shape index (κ2) is 3.94. The minimum absolute atomic E-state index is 0.0552. The summed E-state index contributed by atoms with van der Waals surface area (Å²) in [5.41, 5.74) is -0.404. The van der Waals surface area contributed by atoms with Gasteiger partial charge < -0.3 is 9.84 Å².